The number of aryl methyl sites for hydroxylation is 1. The molecule has 5 nitrogen and oxygen atoms in total. The van der Waals surface area contributed by atoms with E-state index < -0.39 is 27.4 Å². The van der Waals surface area contributed by atoms with Gasteiger partial charge in [0.15, 0.2) is 5.41 Å². The lowest BCUT2D eigenvalue weighted by Crippen LogP contribution is -2.51. The molecule has 0 unspecified atom stereocenters. The van der Waals surface area contributed by atoms with Crippen LogP contribution in [-0.4, -0.2) is 19.3 Å². The Balaban J connectivity index is 2.22. The summed E-state index contributed by atoms with van der Waals surface area (Å²) in [4.78, 5) is 0.154. The number of hydrogen-bond acceptors (Lipinski definition) is 4. The fourth-order valence-corrected chi connectivity index (χ4v) is 5.50. The third-order valence-electron chi connectivity index (χ3n) is 5.36. The van der Waals surface area contributed by atoms with Gasteiger partial charge >= 0.3 is 0 Å². The summed E-state index contributed by atoms with van der Waals surface area (Å²) in [5, 5.41) is 20.0. The Kier molecular flexibility index (Phi) is 5.38. The van der Waals surface area contributed by atoms with Crippen molar-refractivity contribution in [3.8, 4) is 12.1 Å². The van der Waals surface area contributed by atoms with E-state index in [9.17, 15) is 18.9 Å². The summed E-state index contributed by atoms with van der Waals surface area (Å²) in [7, 11) is -3.90. The highest BCUT2D eigenvalue weighted by Crippen LogP contribution is 2.50. The van der Waals surface area contributed by atoms with E-state index in [0.717, 1.165) is 5.56 Å². The zero-order chi connectivity index (χ0) is 20.4. The van der Waals surface area contributed by atoms with Gasteiger partial charge in [-0.15, -0.1) is 6.58 Å². The molecule has 6 heteroatoms. The number of nitrogens with zero attached hydrogens (tertiary/aromatic N) is 3. The minimum Gasteiger partial charge on any atom is -0.207 e. The van der Waals surface area contributed by atoms with E-state index in [-0.39, 0.29) is 11.4 Å². The average molecular weight is 391 g/mol. The monoisotopic (exact) mass is 391 g/mol. The summed E-state index contributed by atoms with van der Waals surface area (Å²) >= 11 is 0. The summed E-state index contributed by atoms with van der Waals surface area (Å²) in [6.45, 7) is 5.88. The fraction of sp³-hybridized carbons (Fsp3) is 0.273. The summed E-state index contributed by atoms with van der Waals surface area (Å²) in [6, 6.07) is 18.9. The molecule has 2 aromatic carbocycles. The van der Waals surface area contributed by atoms with Crippen molar-refractivity contribution in [3.05, 3.63) is 78.4 Å². The molecule has 0 N–H and O–H groups in total. The zero-order valence-electron chi connectivity index (χ0n) is 15.6. The van der Waals surface area contributed by atoms with Gasteiger partial charge in [0.25, 0.3) is 0 Å². The number of piperidine rings is 1. The number of hydrogen-bond donors (Lipinski definition) is 0. The van der Waals surface area contributed by atoms with Gasteiger partial charge < -0.3 is 0 Å². The number of nitriles is 2. The maximum absolute atomic E-state index is 13.5. The normalized spacial score (nSPS) is 22.0. The Bertz CT molecular complexity index is 1030. The highest BCUT2D eigenvalue weighted by molar-refractivity contribution is 7.89. The zero-order valence-corrected chi connectivity index (χ0v) is 16.4. The topological polar surface area (TPSA) is 85.0 Å². The van der Waals surface area contributed by atoms with Crippen LogP contribution in [0.2, 0.25) is 0 Å². The third kappa shape index (κ3) is 3.11. The van der Waals surface area contributed by atoms with E-state index >= 15 is 0 Å². The number of sulfonamides is 1. The lowest BCUT2D eigenvalue weighted by molar-refractivity contribution is 0.122. The van der Waals surface area contributed by atoms with Crippen molar-refractivity contribution >= 4 is 10.0 Å². The summed E-state index contributed by atoms with van der Waals surface area (Å²) < 4.78 is 28.3. The van der Waals surface area contributed by atoms with Gasteiger partial charge in [-0.2, -0.15) is 14.8 Å². The van der Waals surface area contributed by atoms with Crippen LogP contribution in [0, 0.1) is 40.9 Å². The predicted molar refractivity (Wildman–Crippen MR) is 106 cm³/mol. The largest absolute Gasteiger partial charge is 0.243 e. The first kappa shape index (κ1) is 19.8. The Morgan fingerprint density at radius 3 is 2.25 bits per heavy atom. The van der Waals surface area contributed by atoms with Crippen LogP contribution in [-0.2, 0) is 10.0 Å². The molecular weight excluding hydrogens is 370 g/mol. The van der Waals surface area contributed by atoms with Crippen molar-refractivity contribution in [1.29, 1.82) is 10.5 Å². The molecule has 142 valence electrons. The molecule has 1 fully saturated rings. The molecule has 1 heterocycles. The van der Waals surface area contributed by atoms with Gasteiger partial charge in [-0.1, -0.05) is 54.1 Å². The van der Waals surface area contributed by atoms with E-state index in [1.54, 1.807) is 54.6 Å². The molecule has 0 amide bonds. The van der Waals surface area contributed by atoms with Gasteiger partial charge in [0, 0.05) is 12.5 Å². The van der Waals surface area contributed by atoms with Crippen molar-refractivity contribution < 1.29 is 8.42 Å². The minimum absolute atomic E-state index is 0.154. The quantitative estimate of drug-likeness (QED) is 0.738. The molecular formula is C22H21N3O2S. The molecule has 1 aliphatic rings. The number of rotatable bonds is 4. The second kappa shape index (κ2) is 7.59. The molecule has 1 saturated heterocycles. The van der Waals surface area contributed by atoms with Gasteiger partial charge in [-0.05, 0) is 31.0 Å². The predicted octanol–water partition coefficient (Wildman–Crippen LogP) is 3.97. The second-order valence-electron chi connectivity index (χ2n) is 6.97. The first-order valence-corrected chi connectivity index (χ1v) is 10.4. The standard InChI is InChI=1S/C22H21N3O2S/c1-3-19-13-14-25(28(26,27)20-11-9-17(2)10-12-20)21(22(19,15-23)16-24)18-7-5-4-6-8-18/h3-12,19,21H,1,13-14H2,2H3/t19-,21+/m1/s1. The number of allylic oxidation sites excluding steroid dienone is 1. The van der Waals surface area contributed by atoms with Crippen LogP contribution in [0.15, 0.2) is 72.1 Å². The van der Waals surface area contributed by atoms with Crippen LogP contribution < -0.4 is 0 Å². The van der Waals surface area contributed by atoms with Gasteiger partial charge in [-0.3, -0.25) is 0 Å². The van der Waals surface area contributed by atoms with Crippen LogP contribution in [0.3, 0.4) is 0 Å². The smallest absolute Gasteiger partial charge is 0.207 e. The van der Waals surface area contributed by atoms with E-state index in [4.69, 9.17) is 0 Å². The van der Waals surface area contributed by atoms with Crippen molar-refractivity contribution in [3.63, 3.8) is 0 Å². The molecule has 0 radical (unpaired) electrons. The summed E-state index contributed by atoms with van der Waals surface area (Å²) in [5.74, 6) is -0.433. The highest BCUT2D eigenvalue weighted by atomic mass is 32.2. The average Bonchev–Trinajstić information content (AvgIpc) is 2.73. The Morgan fingerprint density at radius 2 is 1.71 bits per heavy atom. The van der Waals surface area contributed by atoms with Crippen LogP contribution in [0.25, 0.3) is 0 Å². The lowest BCUT2D eigenvalue weighted by atomic mass is 9.66. The summed E-state index contributed by atoms with van der Waals surface area (Å²) in [5.41, 5.74) is 0.0132. The van der Waals surface area contributed by atoms with Gasteiger partial charge in [0.2, 0.25) is 10.0 Å². The number of benzene rings is 2. The van der Waals surface area contributed by atoms with Crippen molar-refractivity contribution in [1.82, 2.24) is 4.31 Å². The first-order chi connectivity index (χ1) is 13.4. The van der Waals surface area contributed by atoms with Crippen molar-refractivity contribution in [2.75, 3.05) is 6.54 Å². The minimum atomic E-state index is -3.90. The second-order valence-corrected chi connectivity index (χ2v) is 8.86. The first-order valence-electron chi connectivity index (χ1n) is 8.99. The molecule has 1 aliphatic heterocycles. The highest BCUT2D eigenvalue weighted by Gasteiger charge is 2.55. The molecule has 28 heavy (non-hydrogen) atoms. The lowest BCUT2D eigenvalue weighted by Gasteiger charge is -2.45. The molecule has 0 bridgehead atoms. The van der Waals surface area contributed by atoms with Crippen LogP contribution in [0.1, 0.15) is 23.6 Å². The molecule has 2 aromatic rings. The Hall–Kier alpha value is -2.93. The van der Waals surface area contributed by atoms with Crippen LogP contribution in [0.4, 0.5) is 0 Å². The van der Waals surface area contributed by atoms with Gasteiger partial charge in [0.1, 0.15) is 0 Å². The van der Waals surface area contributed by atoms with Crippen molar-refractivity contribution in [2.45, 2.75) is 24.3 Å². The molecule has 3 rings (SSSR count). The van der Waals surface area contributed by atoms with E-state index in [2.05, 4.69) is 18.7 Å². The van der Waals surface area contributed by atoms with Gasteiger partial charge in [-0.25, -0.2) is 8.42 Å². The molecule has 0 saturated carbocycles. The third-order valence-corrected chi connectivity index (χ3v) is 7.24. The summed E-state index contributed by atoms with van der Waals surface area (Å²) in [6.07, 6.45) is 1.96. The van der Waals surface area contributed by atoms with Crippen LogP contribution >= 0.6 is 0 Å². The van der Waals surface area contributed by atoms with E-state index in [0.29, 0.717) is 12.0 Å². The molecule has 0 aliphatic carbocycles. The Morgan fingerprint density at radius 1 is 1.11 bits per heavy atom. The maximum atomic E-state index is 13.5. The maximum Gasteiger partial charge on any atom is 0.243 e. The fourth-order valence-electron chi connectivity index (χ4n) is 3.84. The van der Waals surface area contributed by atoms with E-state index in [1.807, 2.05) is 13.0 Å². The SMILES string of the molecule is C=C[C@@H]1CCN(S(=O)(=O)c2ccc(C)cc2)[C@@H](c2ccccc2)C1(C#N)C#N. The Labute approximate surface area is 166 Å². The van der Waals surface area contributed by atoms with Gasteiger partial charge in [0.05, 0.1) is 23.1 Å². The van der Waals surface area contributed by atoms with Crippen LogP contribution in [0.5, 0.6) is 0 Å². The van der Waals surface area contributed by atoms with E-state index in [1.165, 1.54) is 4.31 Å². The molecule has 2 atom stereocenters. The molecule has 0 spiro atoms. The molecule has 0 aromatic heterocycles. The van der Waals surface area contributed by atoms with Crippen molar-refractivity contribution in [2.24, 2.45) is 11.3 Å².